The monoisotopic (exact) mass is 1950 g/mol. The Morgan fingerprint density at radius 3 is 0.963 bits per heavy atom. The molecule has 5 aliphatic carbocycles. The molecule has 5 aliphatic heterocycles. The second-order valence-electron chi connectivity index (χ2n) is 38.9. The standard InChI is InChI=1S/C23H24FNO2S.C21H27FN2O5S.2C21H29FN2O3S.C15H19FN2OS/c1-27-18-11-12-23(19-9-5-6-10-20(19)24)17(13-18)15-28-22(25-23)14-21(26)16-7-3-2-4-8-16;1-20(2,3)29-19(25)11-18-23-21(8-7-15(28-4)9-13(21)12-30-18)16-10-14(24(26)27)5-6-17(16)22;2*1-20(2,3)27-19(25)11-18-24-21(16-10-14(23)5-6-17(16)22)8-7-15(26-4)9-13(21)12-28-18;1-19-11-6-7-15(12-4-2-3-5-13(12)16)10(8-11)9-20-14(17)18-15/h2-10,17-18H,11-15H2,1H3;5-6,10,13,15H,7-9,11-12H2,1-4H3;2*5-6,10,13,15H,7-9,11-12,23H2,1-4H3;2-5,10-11H,6-9H2,1H3,(H2,17,18)/t17-,18+,23?;2*13-,15+,21?;13-,15+,21-;10-,11+,15?/m00000/s1. The Hall–Kier alpha value is -8.25. The van der Waals surface area contributed by atoms with Gasteiger partial charge in [0.25, 0.3) is 5.69 Å². The van der Waals surface area contributed by atoms with Crippen LogP contribution in [0.2, 0.25) is 0 Å². The maximum atomic E-state index is 15.0. The number of nitrogens with zero attached hydrogens (tertiary/aromatic N) is 6. The summed E-state index contributed by atoms with van der Waals surface area (Å²) in [5, 5.41) is 14.7. The zero-order valence-corrected chi connectivity index (χ0v) is 83.1. The maximum Gasteiger partial charge on any atom is 0.312 e. The van der Waals surface area contributed by atoms with E-state index in [2.05, 4.69) is 0 Å². The van der Waals surface area contributed by atoms with Gasteiger partial charge in [0, 0.05) is 151 Å². The first-order valence-corrected chi connectivity index (χ1v) is 50.8. The van der Waals surface area contributed by atoms with Gasteiger partial charge < -0.3 is 55.1 Å². The summed E-state index contributed by atoms with van der Waals surface area (Å²) in [4.78, 5) is 85.0. The number of nitro groups is 1. The smallest absolute Gasteiger partial charge is 0.312 e. The molecule has 0 aromatic heterocycles. The van der Waals surface area contributed by atoms with E-state index in [9.17, 15) is 51.2 Å². The number of esters is 3. The molecule has 0 saturated heterocycles. The number of nitrogens with two attached hydrogens (primary N) is 3. The van der Waals surface area contributed by atoms with Crippen LogP contribution >= 0.6 is 58.8 Å². The highest BCUT2D eigenvalue weighted by Gasteiger charge is 2.55. The molecule has 5 fully saturated rings. The number of rotatable bonds is 20. The van der Waals surface area contributed by atoms with Gasteiger partial charge in [0.1, 0.15) is 45.9 Å². The molecule has 15 atom stereocenters. The number of fused-ring (bicyclic) bond motifs is 5. The molecule has 6 N–H and O–H groups in total. The van der Waals surface area contributed by atoms with Crippen molar-refractivity contribution in [2.24, 2.45) is 60.3 Å². The Bertz CT molecular complexity index is 5200. The number of anilines is 2. The summed E-state index contributed by atoms with van der Waals surface area (Å²) in [6.45, 7) is 16.4. The molecule has 5 saturated carbocycles. The fourth-order valence-electron chi connectivity index (χ4n) is 20.3. The number of ether oxygens (including phenoxy) is 8. The number of methoxy groups -OCH3 is 5. The van der Waals surface area contributed by atoms with Crippen molar-refractivity contribution in [2.75, 3.05) is 75.8 Å². The molecule has 6 aromatic rings. The number of hydrogen-bond acceptors (Lipinski definition) is 27. The molecular weight excluding hydrogens is 1820 g/mol. The van der Waals surface area contributed by atoms with Crippen molar-refractivity contribution in [1.82, 2.24) is 0 Å². The van der Waals surface area contributed by atoms with E-state index in [1.54, 1.807) is 140 Å². The average molecular weight is 1950 g/mol. The van der Waals surface area contributed by atoms with E-state index in [4.69, 9.17) is 80.1 Å². The van der Waals surface area contributed by atoms with Crippen LogP contribution in [0, 0.1) is 68.8 Å². The maximum absolute atomic E-state index is 15.0. The van der Waals surface area contributed by atoms with Crippen molar-refractivity contribution in [3.05, 3.63) is 206 Å². The summed E-state index contributed by atoms with van der Waals surface area (Å²) >= 11 is 7.78. The molecule has 23 nitrogen and oxygen atoms in total. The number of aliphatic imine (C=N–C) groups is 5. The third-order valence-electron chi connectivity index (χ3n) is 26.6. The second kappa shape index (κ2) is 45.1. The number of carbonyl (C=O) groups is 4. The van der Waals surface area contributed by atoms with Gasteiger partial charge in [0.15, 0.2) is 11.0 Å². The molecule has 10 aliphatic rings. The molecular formula is C101H128F5N9O14S5. The van der Waals surface area contributed by atoms with Crippen LogP contribution in [0.5, 0.6) is 0 Å². The fourth-order valence-corrected chi connectivity index (χ4v) is 26.3. The van der Waals surface area contributed by atoms with Crippen LogP contribution in [-0.2, 0) is 80.0 Å². The number of thioether (sulfide) groups is 5. The van der Waals surface area contributed by atoms with Crippen molar-refractivity contribution in [2.45, 2.75) is 259 Å². The third kappa shape index (κ3) is 25.6. The van der Waals surface area contributed by atoms with Crippen molar-refractivity contribution in [3.8, 4) is 0 Å². The van der Waals surface area contributed by atoms with Crippen LogP contribution < -0.4 is 17.2 Å². The lowest BCUT2D eigenvalue weighted by Gasteiger charge is -2.46. The molecule has 0 bridgehead atoms. The lowest BCUT2D eigenvalue weighted by molar-refractivity contribution is -0.385. The highest BCUT2D eigenvalue weighted by molar-refractivity contribution is 8.15. The first-order valence-electron chi connectivity index (χ1n) is 45.8. The van der Waals surface area contributed by atoms with Crippen molar-refractivity contribution in [3.63, 3.8) is 0 Å². The Kier molecular flexibility index (Phi) is 35.2. The van der Waals surface area contributed by atoms with Gasteiger partial charge in [-0.25, -0.2) is 22.0 Å². The quantitative estimate of drug-likeness (QED) is 0.0122. The van der Waals surface area contributed by atoms with Gasteiger partial charge in [-0.3, -0.25) is 54.3 Å². The second-order valence-corrected chi connectivity index (χ2v) is 44.3. The van der Waals surface area contributed by atoms with Crippen LogP contribution in [0.25, 0.3) is 0 Å². The highest BCUT2D eigenvalue weighted by Crippen LogP contribution is 2.57. The van der Waals surface area contributed by atoms with E-state index in [0.29, 0.717) is 97.3 Å². The predicted octanol–water partition coefficient (Wildman–Crippen LogP) is 21.4. The predicted molar refractivity (Wildman–Crippen MR) is 527 cm³/mol. The summed E-state index contributed by atoms with van der Waals surface area (Å²) in [6, 6.07) is 36.1. The minimum Gasteiger partial charge on any atom is -0.460 e. The molecule has 4 unspecified atom stereocenters. The fraction of sp³-hybridized carbons (Fsp3) is 0.554. The van der Waals surface area contributed by atoms with Gasteiger partial charge in [0.2, 0.25) is 0 Å². The molecule has 0 radical (unpaired) electrons. The minimum atomic E-state index is -0.951. The number of hydrogen-bond donors (Lipinski definition) is 3. The van der Waals surface area contributed by atoms with E-state index in [-0.39, 0.29) is 138 Å². The Morgan fingerprint density at radius 2 is 0.649 bits per heavy atom. The first kappa shape index (κ1) is 105. The number of halogens is 5. The van der Waals surface area contributed by atoms with Gasteiger partial charge in [-0.05, 0) is 213 Å². The molecule has 16 rings (SSSR count). The Morgan fingerprint density at radius 1 is 0.373 bits per heavy atom. The molecule has 0 spiro atoms. The zero-order valence-electron chi connectivity index (χ0n) is 79.0. The van der Waals surface area contributed by atoms with E-state index >= 15 is 0 Å². The van der Waals surface area contributed by atoms with Crippen LogP contribution in [0.1, 0.15) is 222 Å². The van der Waals surface area contributed by atoms with Gasteiger partial charge >= 0.3 is 17.9 Å². The molecule has 33 heteroatoms. The van der Waals surface area contributed by atoms with Gasteiger partial charge in [-0.1, -0.05) is 78.5 Å². The van der Waals surface area contributed by atoms with Crippen molar-refractivity contribution < 1.29 is 83.9 Å². The number of amidine groups is 1. The molecule has 6 aromatic carbocycles. The number of carbonyl (C=O) groups excluding carboxylic acids is 4. The topological polar surface area (TPSA) is 325 Å². The van der Waals surface area contributed by atoms with Gasteiger partial charge in [-0.15, -0.1) is 47.0 Å². The van der Waals surface area contributed by atoms with Crippen molar-refractivity contribution in [1.29, 1.82) is 0 Å². The zero-order chi connectivity index (χ0) is 96.9. The average Bonchev–Trinajstić information content (AvgIpc) is 0.746. The van der Waals surface area contributed by atoms with E-state index in [0.717, 1.165) is 104 Å². The number of nitrogen functional groups attached to an aromatic ring is 2. The van der Waals surface area contributed by atoms with Crippen molar-refractivity contribution >= 4 is 125 Å². The highest BCUT2D eigenvalue weighted by atomic mass is 32.2. The van der Waals surface area contributed by atoms with E-state index < -0.39 is 61.2 Å². The summed E-state index contributed by atoms with van der Waals surface area (Å²) in [7, 11) is 8.56. The normalized spacial score (nSPS) is 28.1. The summed E-state index contributed by atoms with van der Waals surface area (Å²) in [5.74, 6) is 2.02. The minimum absolute atomic E-state index is 0.000654. The lowest BCUT2D eigenvalue weighted by Crippen LogP contribution is -2.46. The number of non-ortho nitro benzene ring substituents is 1. The molecule has 5 heterocycles. The van der Waals surface area contributed by atoms with E-state index in [1.165, 1.54) is 42.1 Å². The van der Waals surface area contributed by atoms with Crippen LogP contribution in [0.15, 0.2) is 158 Å². The first-order chi connectivity index (χ1) is 63.6. The lowest BCUT2D eigenvalue weighted by atomic mass is 9.68. The van der Waals surface area contributed by atoms with Gasteiger partial charge in [-0.2, -0.15) is 0 Å². The van der Waals surface area contributed by atoms with E-state index in [1.807, 2.05) is 96.1 Å². The van der Waals surface area contributed by atoms with Crippen LogP contribution in [0.3, 0.4) is 0 Å². The Balaban J connectivity index is 0.000000152. The number of benzene rings is 6. The van der Waals surface area contributed by atoms with Gasteiger partial charge in [0.05, 0.1) is 109 Å². The number of ketones is 1. The SMILES string of the molecule is CO[C@@H]1CCC2(c3cc(N)ccc3F)N=C(CC(=O)OC(C)(C)C)SC[C@@H]2C1.CO[C@@H]1CCC2(c3cc([N+](=O)[O-])ccc3F)N=C(CC(=O)OC(C)(C)C)SC[C@@H]2C1.CO[C@@H]1CCC2(c3ccccc3F)N=C(CC(=O)c3ccccc3)SC[C@@H]2C1.CO[C@@H]1CCC2(c3ccccc3F)N=C(N)SC[C@@H]2C1.CO[C@@H]1CC[C@]2(c3cc(N)ccc3F)N=C(CC(=O)OC(C)(C)C)SC[C@@H]2C1. The number of Topliss-reactive ketones (excluding diaryl/α,β-unsaturated/α-hetero) is 1. The molecule has 134 heavy (non-hydrogen) atoms. The van der Waals surface area contributed by atoms with Crippen LogP contribution in [-0.4, -0.2) is 166 Å². The Labute approximate surface area is 805 Å². The molecule has 0 amide bonds. The molecule has 726 valence electrons. The summed E-state index contributed by atoms with van der Waals surface area (Å²) in [6.07, 6.45) is 12.6. The summed E-state index contributed by atoms with van der Waals surface area (Å²) < 4.78 is 118. The number of nitro benzene ring substituents is 1. The third-order valence-corrected chi connectivity index (χ3v) is 32.1. The van der Waals surface area contributed by atoms with Crippen LogP contribution in [0.4, 0.5) is 39.0 Å². The summed E-state index contributed by atoms with van der Waals surface area (Å²) in [5.41, 5.74) is 16.8. The largest absolute Gasteiger partial charge is 0.460 e.